The minimum Gasteiger partial charge on any atom is -0.327 e. The van der Waals surface area contributed by atoms with Gasteiger partial charge in [-0.25, -0.2) is 21.6 Å². The predicted octanol–water partition coefficient (Wildman–Crippen LogP) is 0.651. The van der Waals surface area contributed by atoms with E-state index in [-0.39, 0.29) is 21.8 Å². The highest BCUT2D eigenvalue weighted by atomic mass is 32.2. The van der Waals surface area contributed by atoms with Crippen molar-refractivity contribution in [2.75, 3.05) is 20.1 Å². The van der Waals surface area contributed by atoms with Gasteiger partial charge in [-0.1, -0.05) is 6.42 Å². The number of sulfonamides is 2. The molecule has 1 heterocycles. The van der Waals surface area contributed by atoms with Gasteiger partial charge in [0.05, 0.1) is 9.79 Å². The average molecular weight is 388 g/mol. The highest BCUT2D eigenvalue weighted by Crippen LogP contribution is 2.38. The molecule has 3 N–H and O–H groups in total. The molecule has 1 aliphatic carbocycles. The molecular formula is C16H25N3O4S2. The maximum atomic E-state index is 13.0. The second-order valence-corrected chi connectivity index (χ2v) is 10.8. The highest BCUT2D eigenvalue weighted by Gasteiger charge is 2.43. The van der Waals surface area contributed by atoms with Crippen molar-refractivity contribution in [3.63, 3.8) is 0 Å². The molecule has 2 aliphatic rings. The molecule has 140 valence electrons. The van der Waals surface area contributed by atoms with Crippen molar-refractivity contribution < 1.29 is 16.8 Å². The first-order valence-corrected chi connectivity index (χ1v) is 11.4. The van der Waals surface area contributed by atoms with Crippen LogP contribution in [0.15, 0.2) is 28.0 Å². The van der Waals surface area contributed by atoms with Gasteiger partial charge in [0.1, 0.15) is 0 Å². The van der Waals surface area contributed by atoms with E-state index in [1.54, 1.807) is 6.92 Å². The van der Waals surface area contributed by atoms with Crippen LogP contribution in [0.2, 0.25) is 0 Å². The first-order chi connectivity index (χ1) is 11.7. The third-order valence-corrected chi connectivity index (χ3v) is 8.87. The number of nitrogens with one attached hydrogen (secondary N) is 1. The normalized spacial score (nSPS) is 28.0. The Kier molecular flexibility index (Phi) is 4.97. The Morgan fingerprint density at radius 3 is 2.48 bits per heavy atom. The second-order valence-electron chi connectivity index (χ2n) is 6.98. The SMILES string of the molecule is CNS(=O)(=O)c1ccc(S(=O)(=O)N2CC3CCCC(N)C3C2)cc1C. The van der Waals surface area contributed by atoms with E-state index < -0.39 is 20.0 Å². The zero-order chi connectivity index (χ0) is 18.4. The molecule has 0 amide bonds. The molecular weight excluding hydrogens is 362 g/mol. The lowest BCUT2D eigenvalue weighted by atomic mass is 9.78. The van der Waals surface area contributed by atoms with Gasteiger partial charge in [0, 0.05) is 19.1 Å². The molecule has 3 rings (SSSR count). The zero-order valence-corrected chi connectivity index (χ0v) is 16.1. The third-order valence-electron chi connectivity index (χ3n) is 5.46. The molecule has 2 fully saturated rings. The van der Waals surface area contributed by atoms with E-state index in [1.165, 1.54) is 29.6 Å². The van der Waals surface area contributed by atoms with Gasteiger partial charge in [-0.05, 0) is 62.4 Å². The van der Waals surface area contributed by atoms with E-state index in [4.69, 9.17) is 5.73 Å². The van der Waals surface area contributed by atoms with Crippen molar-refractivity contribution in [2.24, 2.45) is 17.6 Å². The number of nitrogens with zero attached hydrogens (tertiary/aromatic N) is 1. The van der Waals surface area contributed by atoms with Crippen LogP contribution in [-0.4, -0.2) is 47.3 Å². The largest absolute Gasteiger partial charge is 0.327 e. The summed E-state index contributed by atoms with van der Waals surface area (Å²) in [7, 11) is -5.93. The summed E-state index contributed by atoms with van der Waals surface area (Å²) in [5.74, 6) is 0.539. The third kappa shape index (κ3) is 3.35. The summed E-state index contributed by atoms with van der Waals surface area (Å²) >= 11 is 0. The molecule has 3 atom stereocenters. The molecule has 0 aromatic heterocycles. The quantitative estimate of drug-likeness (QED) is 0.788. The first-order valence-electron chi connectivity index (χ1n) is 8.47. The molecule has 1 aliphatic heterocycles. The maximum Gasteiger partial charge on any atom is 0.243 e. The topological polar surface area (TPSA) is 110 Å². The highest BCUT2D eigenvalue weighted by molar-refractivity contribution is 7.89. The van der Waals surface area contributed by atoms with E-state index in [1.807, 2.05) is 0 Å². The number of fused-ring (bicyclic) bond motifs is 1. The fraction of sp³-hybridized carbons (Fsp3) is 0.625. The Morgan fingerprint density at radius 2 is 1.88 bits per heavy atom. The lowest BCUT2D eigenvalue weighted by molar-refractivity contribution is 0.260. The van der Waals surface area contributed by atoms with Crippen LogP contribution in [0.1, 0.15) is 24.8 Å². The molecule has 9 heteroatoms. The molecule has 25 heavy (non-hydrogen) atoms. The molecule has 3 unspecified atom stereocenters. The summed E-state index contributed by atoms with van der Waals surface area (Å²) in [5.41, 5.74) is 6.58. The van der Waals surface area contributed by atoms with Crippen LogP contribution >= 0.6 is 0 Å². The minimum atomic E-state index is -3.65. The van der Waals surface area contributed by atoms with Crippen LogP contribution in [-0.2, 0) is 20.0 Å². The van der Waals surface area contributed by atoms with E-state index in [2.05, 4.69) is 4.72 Å². The van der Waals surface area contributed by atoms with Crippen molar-refractivity contribution in [3.05, 3.63) is 23.8 Å². The number of hydrogen-bond donors (Lipinski definition) is 2. The fourth-order valence-electron chi connectivity index (χ4n) is 4.02. The van der Waals surface area contributed by atoms with Crippen LogP contribution in [0.5, 0.6) is 0 Å². The van der Waals surface area contributed by atoms with E-state index in [9.17, 15) is 16.8 Å². The maximum absolute atomic E-state index is 13.0. The number of rotatable bonds is 4. The van der Waals surface area contributed by atoms with Crippen LogP contribution in [0.4, 0.5) is 0 Å². The number of aryl methyl sites for hydroxylation is 1. The molecule has 0 radical (unpaired) electrons. The summed E-state index contributed by atoms with van der Waals surface area (Å²) in [6.45, 7) is 2.54. The zero-order valence-electron chi connectivity index (χ0n) is 14.5. The average Bonchev–Trinajstić information content (AvgIpc) is 3.01. The van der Waals surface area contributed by atoms with Gasteiger partial charge in [-0.15, -0.1) is 0 Å². The number of nitrogens with two attached hydrogens (primary N) is 1. The van der Waals surface area contributed by atoms with E-state index in [0.717, 1.165) is 19.3 Å². The van der Waals surface area contributed by atoms with E-state index in [0.29, 0.717) is 24.6 Å². The molecule has 0 bridgehead atoms. The fourth-order valence-corrected chi connectivity index (χ4v) is 6.58. The van der Waals surface area contributed by atoms with Crippen molar-refractivity contribution in [1.82, 2.24) is 9.03 Å². The monoisotopic (exact) mass is 387 g/mol. The van der Waals surface area contributed by atoms with Gasteiger partial charge < -0.3 is 5.73 Å². The number of benzene rings is 1. The molecule has 1 aromatic carbocycles. The van der Waals surface area contributed by atoms with Gasteiger partial charge in [0.2, 0.25) is 20.0 Å². The standard InChI is InChI=1S/C16H25N3O4S2/c1-11-8-13(6-7-16(11)24(20,21)18-2)25(22,23)19-9-12-4-3-5-15(17)14(12)10-19/h6-8,12,14-15,18H,3-5,9-10,17H2,1-2H3. The Labute approximate surface area is 149 Å². The van der Waals surface area contributed by atoms with Crippen molar-refractivity contribution in [3.8, 4) is 0 Å². The minimum absolute atomic E-state index is 0.0591. The molecule has 7 nitrogen and oxygen atoms in total. The van der Waals surface area contributed by atoms with Crippen LogP contribution in [0, 0.1) is 18.8 Å². The van der Waals surface area contributed by atoms with Crippen LogP contribution in [0.25, 0.3) is 0 Å². The second kappa shape index (κ2) is 6.62. The van der Waals surface area contributed by atoms with E-state index >= 15 is 0 Å². The smallest absolute Gasteiger partial charge is 0.243 e. The van der Waals surface area contributed by atoms with Crippen molar-refractivity contribution in [1.29, 1.82) is 0 Å². The molecule has 1 aromatic rings. The predicted molar refractivity (Wildman–Crippen MR) is 95.0 cm³/mol. The lowest BCUT2D eigenvalue weighted by Crippen LogP contribution is -2.38. The lowest BCUT2D eigenvalue weighted by Gasteiger charge is -2.29. The molecule has 1 saturated carbocycles. The molecule has 1 saturated heterocycles. The van der Waals surface area contributed by atoms with Crippen LogP contribution in [0.3, 0.4) is 0 Å². The summed E-state index contributed by atoms with van der Waals surface area (Å²) in [5, 5.41) is 0. The summed E-state index contributed by atoms with van der Waals surface area (Å²) in [6.07, 6.45) is 3.01. The van der Waals surface area contributed by atoms with Gasteiger partial charge in [-0.2, -0.15) is 4.31 Å². The summed E-state index contributed by atoms with van der Waals surface area (Å²) in [4.78, 5) is 0.221. The first kappa shape index (κ1) is 18.8. The molecule has 0 spiro atoms. The Balaban J connectivity index is 1.90. The summed E-state index contributed by atoms with van der Waals surface area (Å²) in [6, 6.07) is 4.21. The Hall–Kier alpha value is -1.00. The van der Waals surface area contributed by atoms with Gasteiger partial charge in [-0.3, -0.25) is 0 Å². The Bertz CT molecular complexity index is 867. The van der Waals surface area contributed by atoms with Crippen molar-refractivity contribution >= 4 is 20.0 Å². The van der Waals surface area contributed by atoms with Gasteiger partial charge in [0.25, 0.3) is 0 Å². The Morgan fingerprint density at radius 1 is 1.16 bits per heavy atom. The van der Waals surface area contributed by atoms with Gasteiger partial charge in [0.15, 0.2) is 0 Å². The number of hydrogen-bond acceptors (Lipinski definition) is 5. The summed E-state index contributed by atoms with van der Waals surface area (Å²) < 4.78 is 53.7. The van der Waals surface area contributed by atoms with Gasteiger partial charge >= 0.3 is 0 Å². The van der Waals surface area contributed by atoms with Crippen LogP contribution < -0.4 is 10.5 Å². The van der Waals surface area contributed by atoms with Crippen molar-refractivity contribution in [2.45, 2.75) is 42.0 Å².